The summed E-state index contributed by atoms with van der Waals surface area (Å²) in [6.07, 6.45) is -5.89. The van der Waals surface area contributed by atoms with E-state index in [1.54, 1.807) is 12.1 Å². The van der Waals surface area contributed by atoms with E-state index in [0.29, 0.717) is 22.8 Å². The molecule has 0 saturated heterocycles. The van der Waals surface area contributed by atoms with Crippen molar-refractivity contribution in [3.05, 3.63) is 59.2 Å². The van der Waals surface area contributed by atoms with Gasteiger partial charge in [-0.25, -0.2) is 5.43 Å². The van der Waals surface area contributed by atoms with E-state index in [1.807, 2.05) is 6.07 Å². The van der Waals surface area contributed by atoms with Gasteiger partial charge in [-0.3, -0.25) is 0 Å². The number of nitrogens with one attached hydrogen (secondary N) is 1. The minimum atomic E-state index is -6.48. The summed E-state index contributed by atoms with van der Waals surface area (Å²) in [7, 11) is 1.28. The van der Waals surface area contributed by atoms with Crippen LogP contribution in [0.4, 0.5) is 30.7 Å². The molecule has 2 rings (SSSR count). The molecular formula is C19H14F7N3O2. The molecule has 0 bridgehead atoms. The number of alkyl halides is 7. The van der Waals surface area contributed by atoms with Crippen molar-refractivity contribution in [2.45, 2.75) is 24.8 Å². The van der Waals surface area contributed by atoms with E-state index in [0.717, 1.165) is 0 Å². The number of halogens is 7. The zero-order valence-corrected chi connectivity index (χ0v) is 15.7. The van der Waals surface area contributed by atoms with E-state index >= 15 is 0 Å². The molecule has 31 heavy (non-hydrogen) atoms. The Labute approximate surface area is 171 Å². The summed E-state index contributed by atoms with van der Waals surface area (Å²) < 4.78 is 99.6. The molecule has 0 saturated carbocycles. The Balaban J connectivity index is 2.22. The second-order valence-corrected chi connectivity index (χ2v) is 5.99. The second kappa shape index (κ2) is 9.11. The molecule has 166 valence electrons. The maximum atomic E-state index is 13.3. The number of nitrogens with zero attached hydrogens (tertiary/aromatic N) is 2. The van der Waals surface area contributed by atoms with Crippen molar-refractivity contribution in [1.82, 2.24) is 5.43 Å². The Bertz CT molecular complexity index is 968. The average Bonchev–Trinajstić information content (AvgIpc) is 2.71. The molecular weight excluding hydrogens is 435 g/mol. The number of methoxy groups -OCH3 is 1. The Morgan fingerprint density at radius 3 is 2.23 bits per heavy atom. The van der Waals surface area contributed by atoms with Gasteiger partial charge in [-0.1, -0.05) is 18.2 Å². The minimum Gasteiger partial charge on any atom is -0.493 e. The summed E-state index contributed by atoms with van der Waals surface area (Å²) in [5, 5.41) is 11.6. The number of hydrogen-bond donors (Lipinski definition) is 1. The Morgan fingerprint density at radius 1 is 1.03 bits per heavy atom. The van der Waals surface area contributed by atoms with Crippen molar-refractivity contribution in [2.24, 2.45) is 5.10 Å². The molecule has 0 spiro atoms. The van der Waals surface area contributed by atoms with Crippen LogP contribution in [-0.4, -0.2) is 31.5 Å². The monoisotopic (exact) mass is 449 g/mol. The molecule has 0 amide bonds. The largest absolute Gasteiger partial charge is 0.493 e. The molecule has 0 atom stereocenters. The predicted octanol–water partition coefficient (Wildman–Crippen LogP) is 4.86. The van der Waals surface area contributed by atoms with Gasteiger partial charge in [0.25, 0.3) is 0 Å². The molecule has 5 nitrogen and oxygen atoms in total. The summed E-state index contributed by atoms with van der Waals surface area (Å²) in [4.78, 5) is 0. The molecule has 0 fully saturated rings. The molecule has 0 aliphatic heterocycles. The van der Waals surface area contributed by atoms with Gasteiger partial charge >= 0.3 is 18.1 Å². The number of hydrazone groups is 1. The number of ether oxygens (including phenoxy) is 2. The highest BCUT2D eigenvalue weighted by atomic mass is 19.4. The molecule has 12 heteroatoms. The summed E-state index contributed by atoms with van der Waals surface area (Å²) in [6.45, 7) is -0.0529. The Hall–Kier alpha value is -3.49. The second-order valence-electron chi connectivity index (χ2n) is 5.99. The first-order valence-electron chi connectivity index (χ1n) is 8.34. The zero-order valence-electron chi connectivity index (χ0n) is 15.7. The number of nitriles is 1. The first kappa shape index (κ1) is 23.8. The highest BCUT2D eigenvalue weighted by molar-refractivity contribution is 5.84. The van der Waals surface area contributed by atoms with Gasteiger partial charge in [0, 0.05) is 5.56 Å². The van der Waals surface area contributed by atoms with Crippen molar-refractivity contribution in [3.63, 3.8) is 0 Å². The molecule has 2 aromatic carbocycles. The number of rotatable bonds is 8. The summed E-state index contributed by atoms with van der Waals surface area (Å²) in [6, 6.07) is 6.67. The van der Waals surface area contributed by atoms with Crippen molar-refractivity contribution in [1.29, 1.82) is 5.26 Å². The van der Waals surface area contributed by atoms with Gasteiger partial charge in [-0.15, -0.1) is 0 Å². The maximum absolute atomic E-state index is 13.3. The predicted molar refractivity (Wildman–Crippen MR) is 95.2 cm³/mol. The summed E-state index contributed by atoms with van der Waals surface area (Å²) in [5.74, 6) is -6.24. The highest BCUT2D eigenvalue weighted by Crippen LogP contribution is 2.45. The van der Waals surface area contributed by atoms with Crippen LogP contribution in [0.2, 0.25) is 0 Å². The Kier molecular flexibility index (Phi) is 6.99. The van der Waals surface area contributed by atoms with E-state index in [1.165, 1.54) is 37.4 Å². The van der Waals surface area contributed by atoms with Crippen LogP contribution in [0, 0.1) is 11.3 Å². The lowest BCUT2D eigenvalue weighted by molar-refractivity contribution is -0.361. The summed E-state index contributed by atoms with van der Waals surface area (Å²) in [5.41, 5.74) is 1.55. The van der Waals surface area contributed by atoms with Crippen LogP contribution < -0.4 is 14.9 Å². The third-order valence-corrected chi connectivity index (χ3v) is 3.85. The standard InChI is InChI=1S/C19H14F7N3O2/c1-30-15-4-2-3-14(10-28-29-19(25,26)17(20,21)18(22,23)24)16(15)31-11-13-7-5-12(9-27)6-8-13/h2-8,10,29H,11H2,1H3/b28-10-. The fraction of sp³-hybridized carbons (Fsp3) is 0.263. The van der Waals surface area contributed by atoms with Crippen LogP contribution in [0.25, 0.3) is 0 Å². The lowest BCUT2D eigenvalue weighted by Gasteiger charge is -2.27. The first-order valence-corrected chi connectivity index (χ1v) is 8.34. The van der Waals surface area contributed by atoms with Gasteiger partial charge in [-0.2, -0.15) is 41.1 Å². The van der Waals surface area contributed by atoms with Gasteiger partial charge in [0.15, 0.2) is 11.5 Å². The van der Waals surface area contributed by atoms with Gasteiger partial charge in [0.2, 0.25) is 0 Å². The van der Waals surface area contributed by atoms with E-state index < -0.39 is 18.1 Å². The number of hydrogen-bond acceptors (Lipinski definition) is 5. The molecule has 0 radical (unpaired) electrons. The average molecular weight is 449 g/mol. The fourth-order valence-corrected chi connectivity index (χ4v) is 2.21. The third kappa shape index (κ3) is 5.36. The molecule has 0 aliphatic carbocycles. The lowest BCUT2D eigenvalue weighted by Crippen LogP contribution is -2.58. The molecule has 1 N–H and O–H groups in total. The van der Waals surface area contributed by atoms with E-state index in [2.05, 4.69) is 5.10 Å². The van der Waals surface area contributed by atoms with Gasteiger partial charge in [0.1, 0.15) is 6.61 Å². The molecule has 0 aromatic heterocycles. The smallest absolute Gasteiger partial charge is 0.462 e. The quantitative estimate of drug-likeness (QED) is 0.271. The molecule has 0 unspecified atom stereocenters. The van der Waals surface area contributed by atoms with Crippen LogP contribution in [0.15, 0.2) is 47.6 Å². The Morgan fingerprint density at radius 2 is 1.68 bits per heavy atom. The molecule has 2 aromatic rings. The SMILES string of the molecule is COc1cccc(/C=N\NC(F)(F)C(F)(F)C(F)(F)F)c1OCc1ccc(C#N)cc1. The van der Waals surface area contributed by atoms with E-state index in [4.69, 9.17) is 14.7 Å². The topological polar surface area (TPSA) is 66.6 Å². The van der Waals surface area contributed by atoms with Gasteiger partial charge < -0.3 is 9.47 Å². The minimum absolute atomic E-state index is 0.0224. The van der Waals surface area contributed by atoms with Crippen molar-refractivity contribution < 1.29 is 40.2 Å². The van der Waals surface area contributed by atoms with Crippen LogP contribution in [0.1, 0.15) is 16.7 Å². The van der Waals surface area contributed by atoms with Crippen LogP contribution in [0.5, 0.6) is 11.5 Å². The normalized spacial score (nSPS) is 12.5. The van der Waals surface area contributed by atoms with Crippen LogP contribution in [-0.2, 0) is 6.61 Å². The molecule has 0 aliphatic rings. The van der Waals surface area contributed by atoms with Crippen molar-refractivity contribution in [2.75, 3.05) is 7.11 Å². The lowest BCUT2D eigenvalue weighted by atomic mass is 10.1. The number of para-hydroxylation sites is 1. The zero-order chi connectivity index (χ0) is 23.3. The highest BCUT2D eigenvalue weighted by Gasteiger charge is 2.73. The van der Waals surface area contributed by atoms with E-state index in [-0.39, 0.29) is 23.7 Å². The van der Waals surface area contributed by atoms with Gasteiger partial charge in [-0.05, 0) is 29.8 Å². The van der Waals surface area contributed by atoms with Gasteiger partial charge in [0.05, 0.1) is 25.0 Å². The molecule has 0 heterocycles. The van der Waals surface area contributed by atoms with Crippen LogP contribution in [0.3, 0.4) is 0 Å². The van der Waals surface area contributed by atoms with E-state index in [9.17, 15) is 30.7 Å². The third-order valence-electron chi connectivity index (χ3n) is 3.85. The fourth-order valence-electron chi connectivity index (χ4n) is 2.21. The summed E-state index contributed by atoms with van der Waals surface area (Å²) >= 11 is 0. The first-order chi connectivity index (χ1) is 14.4. The van der Waals surface area contributed by atoms with Crippen molar-refractivity contribution in [3.8, 4) is 17.6 Å². The number of benzene rings is 2. The van der Waals surface area contributed by atoms with Crippen molar-refractivity contribution >= 4 is 6.21 Å². The maximum Gasteiger partial charge on any atom is 0.462 e. The van der Waals surface area contributed by atoms with Crippen LogP contribution >= 0.6 is 0 Å².